The van der Waals surface area contributed by atoms with Crippen molar-refractivity contribution in [1.29, 1.82) is 0 Å². The van der Waals surface area contributed by atoms with Crippen LogP contribution in [0.15, 0.2) is 12.5 Å². The van der Waals surface area contributed by atoms with Gasteiger partial charge in [0.15, 0.2) is 0 Å². The van der Waals surface area contributed by atoms with E-state index in [1.54, 1.807) is 12.5 Å². The monoisotopic (exact) mass is 182 g/mol. The fraction of sp³-hybridized carbons (Fsp3) is 0.700. The topological polar surface area (TPSA) is 38.0 Å². The molecule has 0 aliphatic rings. The first-order valence-corrected chi connectivity index (χ1v) is 4.82. The van der Waals surface area contributed by atoms with Crippen LogP contribution >= 0.6 is 0 Å². The highest BCUT2D eigenvalue weighted by atomic mass is 16.3. The van der Waals surface area contributed by atoms with E-state index in [1.165, 1.54) is 0 Å². The van der Waals surface area contributed by atoms with Gasteiger partial charge in [-0.25, -0.2) is 4.98 Å². The van der Waals surface area contributed by atoms with Crippen LogP contribution in [0.1, 0.15) is 38.9 Å². The Morgan fingerprint density at radius 2 is 2.23 bits per heavy atom. The molecular weight excluding hydrogens is 164 g/mol. The van der Waals surface area contributed by atoms with Crippen molar-refractivity contribution in [3.8, 4) is 0 Å². The highest BCUT2D eigenvalue weighted by molar-refractivity contribution is 4.98. The first-order valence-electron chi connectivity index (χ1n) is 4.82. The fourth-order valence-corrected chi connectivity index (χ4v) is 1.74. The second kappa shape index (κ2) is 4.42. The standard InChI is InChI=1S/C10H18N2O/c1-4-10(8(2)3)12-7-11-5-9(12)6-13/h5,7-8,10,13H,4,6H2,1-3H3. The predicted octanol–water partition coefficient (Wildman–Crippen LogP) is 1.98. The van der Waals surface area contributed by atoms with E-state index in [0.717, 1.165) is 12.1 Å². The van der Waals surface area contributed by atoms with Crippen LogP contribution in [0, 0.1) is 5.92 Å². The quantitative estimate of drug-likeness (QED) is 0.773. The first kappa shape index (κ1) is 10.3. The van der Waals surface area contributed by atoms with Gasteiger partial charge in [-0.05, 0) is 12.3 Å². The van der Waals surface area contributed by atoms with E-state index >= 15 is 0 Å². The zero-order chi connectivity index (χ0) is 9.84. The third kappa shape index (κ3) is 2.10. The molecule has 1 aromatic rings. The molecule has 3 nitrogen and oxygen atoms in total. The fourth-order valence-electron chi connectivity index (χ4n) is 1.74. The first-order chi connectivity index (χ1) is 6.20. The molecule has 0 spiro atoms. The van der Waals surface area contributed by atoms with Crippen LogP contribution in [0.5, 0.6) is 0 Å². The van der Waals surface area contributed by atoms with Crippen LogP contribution < -0.4 is 0 Å². The third-order valence-corrected chi connectivity index (χ3v) is 2.45. The van der Waals surface area contributed by atoms with E-state index in [4.69, 9.17) is 5.11 Å². The van der Waals surface area contributed by atoms with Crippen LogP contribution in [0.4, 0.5) is 0 Å². The Kier molecular flexibility index (Phi) is 3.48. The van der Waals surface area contributed by atoms with Crippen molar-refractivity contribution in [3.05, 3.63) is 18.2 Å². The van der Waals surface area contributed by atoms with Gasteiger partial charge in [0.05, 0.1) is 24.8 Å². The summed E-state index contributed by atoms with van der Waals surface area (Å²) in [7, 11) is 0. The average Bonchev–Trinajstić information content (AvgIpc) is 2.53. The molecule has 74 valence electrons. The summed E-state index contributed by atoms with van der Waals surface area (Å²) in [6.07, 6.45) is 4.60. The molecule has 0 bridgehead atoms. The summed E-state index contributed by atoms with van der Waals surface area (Å²) < 4.78 is 2.07. The summed E-state index contributed by atoms with van der Waals surface area (Å²) in [5.74, 6) is 0.574. The predicted molar refractivity (Wildman–Crippen MR) is 52.3 cm³/mol. The molecule has 0 saturated heterocycles. The van der Waals surface area contributed by atoms with E-state index < -0.39 is 0 Å². The average molecular weight is 182 g/mol. The molecule has 0 aliphatic heterocycles. The molecule has 0 aromatic carbocycles. The van der Waals surface area contributed by atoms with Crippen LogP contribution in [0.3, 0.4) is 0 Å². The van der Waals surface area contributed by atoms with Gasteiger partial charge >= 0.3 is 0 Å². The lowest BCUT2D eigenvalue weighted by Crippen LogP contribution is -2.15. The highest BCUT2D eigenvalue weighted by Gasteiger charge is 2.15. The SMILES string of the molecule is CCC(C(C)C)n1cncc1CO. The molecule has 0 aliphatic carbocycles. The number of rotatable bonds is 4. The summed E-state index contributed by atoms with van der Waals surface area (Å²) in [5, 5.41) is 9.07. The summed E-state index contributed by atoms with van der Waals surface area (Å²) in [6.45, 7) is 6.61. The number of aliphatic hydroxyl groups excluding tert-OH is 1. The van der Waals surface area contributed by atoms with E-state index in [2.05, 4.69) is 30.3 Å². The summed E-state index contributed by atoms with van der Waals surface area (Å²) in [4.78, 5) is 4.05. The minimum absolute atomic E-state index is 0.0726. The molecule has 1 atom stereocenters. The minimum Gasteiger partial charge on any atom is -0.390 e. The highest BCUT2D eigenvalue weighted by Crippen LogP contribution is 2.22. The van der Waals surface area contributed by atoms with Crippen molar-refractivity contribution in [1.82, 2.24) is 9.55 Å². The largest absolute Gasteiger partial charge is 0.390 e. The van der Waals surface area contributed by atoms with Gasteiger partial charge in [0.2, 0.25) is 0 Å². The Morgan fingerprint density at radius 1 is 1.54 bits per heavy atom. The molecular formula is C10H18N2O. The second-order valence-corrected chi connectivity index (χ2v) is 3.67. The molecule has 0 amide bonds. The Morgan fingerprint density at radius 3 is 2.69 bits per heavy atom. The zero-order valence-electron chi connectivity index (χ0n) is 8.57. The summed E-state index contributed by atoms with van der Waals surface area (Å²) in [6, 6.07) is 0.449. The molecule has 0 radical (unpaired) electrons. The Labute approximate surface area is 79.4 Å². The van der Waals surface area contributed by atoms with Gasteiger partial charge < -0.3 is 9.67 Å². The van der Waals surface area contributed by atoms with E-state index in [1.807, 2.05) is 0 Å². The number of aliphatic hydroxyl groups is 1. The molecule has 1 heterocycles. The van der Waals surface area contributed by atoms with Crippen LogP contribution in [0.2, 0.25) is 0 Å². The van der Waals surface area contributed by atoms with Crippen molar-refractivity contribution in [2.24, 2.45) is 5.92 Å². The number of aromatic nitrogens is 2. The maximum Gasteiger partial charge on any atom is 0.0951 e. The van der Waals surface area contributed by atoms with Crippen LogP contribution in [-0.2, 0) is 6.61 Å². The maximum atomic E-state index is 9.07. The third-order valence-electron chi connectivity index (χ3n) is 2.45. The van der Waals surface area contributed by atoms with E-state index in [0.29, 0.717) is 12.0 Å². The van der Waals surface area contributed by atoms with Crippen molar-refractivity contribution in [2.75, 3.05) is 0 Å². The molecule has 13 heavy (non-hydrogen) atoms. The number of imidazole rings is 1. The molecule has 3 heteroatoms. The lowest BCUT2D eigenvalue weighted by Gasteiger charge is -2.22. The zero-order valence-corrected chi connectivity index (χ0v) is 8.57. The number of hydrogen-bond donors (Lipinski definition) is 1. The van der Waals surface area contributed by atoms with Crippen molar-refractivity contribution in [3.63, 3.8) is 0 Å². The van der Waals surface area contributed by atoms with Gasteiger partial charge in [-0.2, -0.15) is 0 Å². The van der Waals surface area contributed by atoms with Crippen molar-refractivity contribution < 1.29 is 5.11 Å². The van der Waals surface area contributed by atoms with Gasteiger partial charge in [0.25, 0.3) is 0 Å². The molecule has 1 N–H and O–H groups in total. The number of nitrogens with zero attached hydrogens (tertiary/aromatic N) is 2. The van der Waals surface area contributed by atoms with Crippen molar-refractivity contribution in [2.45, 2.75) is 39.8 Å². The smallest absolute Gasteiger partial charge is 0.0951 e. The number of hydrogen-bond acceptors (Lipinski definition) is 2. The van der Waals surface area contributed by atoms with E-state index in [9.17, 15) is 0 Å². The maximum absolute atomic E-state index is 9.07. The van der Waals surface area contributed by atoms with E-state index in [-0.39, 0.29) is 6.61 Å². The lowest BCUT2D eigenvalue weighted by molar-refractivity contribution is 0.256. The van der Waals surface area contributed by atoms with Gasteiger partial charge in [-0.1, -0.05) is 20.8 Å². The Balaban J connectivity index is 2.90. The molecule has 1 aromatic heterocycles. The minimum atomic E-state index is 0.0726. The van der Waals surface area contributed by atoms with Gasteiger partial charge in [-0.3, -0.25) is 0 Å². The summed E-state index contributed by atoms with van der Waals surface area (Å²) in [5.41, 5.74) is 0.903. The molecule has 0 saturated carbocycles. The van der Waals surface area contributed by atoms with Crippen LogP contribution in [0.25, 0.3) is 0 Å². The summed E-state index contributed by atoms with van der Waals surface area (Å²) >= 11 is 0. The van der Waals surface area contributed by atoms with Crippen molar-refractivity contribution >= 4 is 0 Å². The van der Waals surface area contributed by atoms with Gasteiger partial charge in [-0.15, -0.1) is 0 Å². The van der Waals surface area contributed by atoms with Crippen LogP contribution in [-0.4, -0.2) is 14.7 Å². The second-order valence-electron chi connectivity index (χ2n) is 3.67. The van der Waals surface area contributed by atoms with Gasteiger partial charge in [0.1, 0.15) is 0 Å². The molecule has 1 unspecified atom stereocenters. The Hall–Kier alpha value is -0.830. The van der Waals surface area contributed by atoms with Gasteiger partial charge in [0, 0.05) is 6.04 Å². The molecule has 1 rings (SSSR count). The molecule has 0 fully saturated rings. The Bertz CT molecular complexity index is 255. The lowest BCUT2D eigenvalue weighted by atomic mass is 10.0. The normalized spacial score (nSPS) is 13.6.